The van der Waals surface area contributed by atoms with Gasteiger partial charge in [-0.05, 0) is 43.0 Å². The van der Waals surface area contributed by atoms with Crippen LogP contribution in [0.15, 0.2) is 24.3 Å². The van der Waals surface area contributed by atoms with Crippen molar-refractivity contribution in [2.75, 3.05) is 13.7 Å². The molecule has 0 radical (unpaired) electrons. The molecule has 0 aromatic heterocycles. The summed E-state index contributed by atoms with van der Waals surface area (Å²) in [6.07, 6.45) is -3.70. The third-order valence-electron chi connectivity index (χ3n) is 4.58. The van der Waals surface area contributed by atoms with Crippen molar-refractivity contribution in [1.82, 2.24) is 10.2 Å². The maximum Gasteiger partial charge on any atom is 0.573 e. The summed E-state index contributed by atoms with van der Waals surface area (Å²) in [5.41, 5.74) is 0.0731. The van der Waals surface area contributed by atoms with Crippen molar-refractivity contribution >= 4 is 17.8 Å². The fourth-order valence-electron chi connectivity index (χ4n) is 3.14. The van der Waals surface area contributed by atoms with Gasteiger partial charge in [-0.3, -0.25) is 9.59 Å². The predicted molar refractivity (Wildman–Crippen MR) is 96.0 cm³/mol. The first-order chi connectivity index (χ1) is 13.5. The average Bonchev–Trinajstić information content (AvgIpc) is 3.13. The standard InChI is InChI=1S/C19H23F3N2O5/c1-11(2)15(17(26)24-10-4-5-14(24)18(27)28-3)23-16(25)12-6-8-13(9-7-12)29-19(20,21)22/h6-9,11,14-15H,4-5,10H2,1-3H3,(H,23,25)/t14-,15?/m0/s1. The van der Waals surface area contributed by atoms with Gasteiger partial charge in [-0.1, -0.05) is 13.8 Å². The lowest BCUT2D eigenvalue weighted by Crippen LogP contribution is -2.53. The average molecular weight is 416 g/mol. The zero-order valence-corrected chi connectivity index (χ0v) is 16.3. The first-order valence-corrected chi connectivity index (χ1v) is 9.08. The minimum absolute atomic E-state index is 0.0731. The number of ether oxygens (including phenoxy) is 2. The van der Waals surface area contributed by atoms with Crippen LogP contribution >= 0.6 is 0 Å². The van der Waals surface area contributed by atoms with Crippen molar-refractivity contribution in [3.63, 3.8) is 0 Å². The Morgan fingerprint density at radius 2 is 1.79 bits per heavy atom. The number of nitrogens with one attached hydrogen (secondary N) is 1. The minimum atomic E-state index is -4.83. The van der Waals surface area contributed by atoms with E-state index in [-0.39, 0.29) is 11.5 Å². The SMILES string of the molecule is COC(=O)[C@@H]1CCCN1C(=O)C(NC(=O)c1ccc(OC(F)(F)F)cc1)C(C)C. The number of alkyl halides is 3. The molecule has 1 N–H and O–H groups in total. The highest BCUT2D eigenvalue weighted by molar-refractivity contribution is 5.98. The van der Waals surface area contributed by atoms with E-state index in [1.54, 1.807) is 13.8 Å². The molecular weight excluding hydrogens is 393 g/mol. The number of rotatable bonds is 6. The molecule has 2 amide bonds. The van der Waals surface area contributed by atoms with E-state index in [2.05, 4.69) is 10.1 Å². The molecule has 0 aliphatic carbocycles. The van der Waals surface area contributed by atoms with E-state index in [1.807, 2.05) is 0 Å². The summed E-state index contributed by atoms with van der Waals surface area (Å²) >= 11 is 0. The second-order valence-corrected chi connectivity index (χ2v) is 6.98. The van der Waals surface area contributed by atoms with E-state index in [0.29, 0.717) is 19.4 Å². The lowest BCUT2D eigenvalue weighted by molar-refractivity contribution is -0.274. The second kappa shape index (κ2) is 9.15. The predicted octanol–water partition coefficient (Wildman–Crippen LogP) is 2.50. The molecule has 1 fully saturated rings. The molecule has 1 saturated heterocycles. The number of carbonyl (C=O) groups excluding carboxylic acids is 3. The molecule has 1 unspecified atom stereocenters. The monoisotopic (exact) mass is 416 g/mol. The summed E-state index contributed by atoms with van der Waals surface area (Å²) in [5.74, 6) is -2.27. The summed E-state index contributed by atoms with van der Waals surface area (Å²) in [7, 11) is 1.25. The molecule has 160 valence electrons. The Kier molecular flexibility index (Phi) is 7.10. The summed E-state index contributed by atoms with van der Waals surface area (Å²) in [5, 5.41) is 2.61. The Balaban J connectivity index is 2.10. The highest BCUT2D eigenvalue weighted by Crippen LogP contribution is 2.24. The smallest absolute Gasteiger partial charge is 0.467 e. The zero-order valence-electron chi connectivity index (χ0n) is 16.3. The Morgan fingerprint density at radius 3 is 2.31 bits per heavy atom. The van der Waals surface area contributed by atoms with Crippen LogP contribution in [0.5, 0.6) is 5.75 Å². The molecule has 0 spiro atoms. The van der Waals surface area contributed by atoms with Crippen molar-refractivity contribution in [2.45, 2.75) is 45.1 Å². The number of esters is 1. The van der Waals surface area contributed by atoms with Gasteiger partial charge in [0.1, 0.15) is 17.8 Å². The Hall–Kier alpha value is -2.78. The van der Waals surface area contributed by atoms with Crippen LogP contribution in [0.25, 0.3) is 0 Å². The number of halogens is 3. The highest BCUT2D eigenvalue weighted by atomic mass is 19.4. The van der Waals surface area contributed by atoms with Crippen LogP contribution in [-0.4, -0.2) is 54.8 Å². The summed E-state index contributed by atoms with van der Waals surface area (Å²) in [6.45, 7) is 3.86. The van der Waals surface area contributed by atoms with Crippen LogP contribution in [0.3, 0.4) is 0 Å². The number of hydrogen-bond acceptors (Lipinski definition) is 5. The van der Waals surface area contributed by atoms with Gasteiger partial charge < -0.3 is 19.7 Å². The third kappa shape index (κ3) is 5.85. The fraction of sp³-hybridized carbons (Fsp3) is 0.526. The summed E-state index contributed by atoms with van der Waals surface area (Å²) < 4.78 is 45.2. The molecule has 1 heterocycles. The van der Waals surface area contributed by atoms with Gasteiger partial charge in [0, 0.05) is 12.1 Å². The minimum Gasteiger partial charge on any atom is -0.467 e. The molecular formula is C19H23F3N2O5. The van der Waals surface area contributed by atoms with Gasteiger partial charge in [0.05, 0.1) is 7.11 Å². The van der Waals surface area contributed by atoms with E-state index < -0.39 is 42.0 Å². The first-order valence-electron chi connectivity index (χ1n) is 9.08. The van der Waals surface area contributed by atoms with Crippen molar-refractivity contribution in [3.05, 3.63) is 29.8 Å². The van der Waals surface area contributed by atoms with Gasteiger partial charge in [-0.15, -0.1) is 13.2 Å². The molecule has 0 saturated carbocycles. The fourth-order valence-corrected chi connectivity index (χ4v) is 3.14. The van der Waals surface area contributed by atoms with Crippen molar-refractivity contribution in [2.24, 2.45) is 5.92 Å². The number of likely N-dealkylation sites (tertiary alicyclic amines) is 1. The third-order valence-corrected chi connectivity index (χ3v) is 4.58. The molecule has 0 bridgehead atoms. The Bertz CT molecular complexity index is 749. The van der Waals surface area contributed by atoms with E-state index in [1.165, 1.54) is 24.1 Å². The Labute approximate surface area is 166 Å². The van der Waals surface area contributed by atoms with Gasteiger partial charge in [-0.25, -0.2) is 4.79 Å². The van der Waals surface area contributed by atoms with Crippen molar-refractivity contribution in [3.8, 4) is 5.75 Å². The summed E-state index contributed by atoms with van der Waals surface area (Å²) in [4.78, 5) is 38.8. The molecule has 10 heteroatoms. The van der Waals surface area contributed by atoms with Crippen molar-refractivity contribution < 1.29 is 37.0 Å². The molecule has 1 aromatic carbocycles. The molecule has 1 aliphatic rings. The van der Waals surface area contributed by atoms with E-state index in [4.69, 9.17) is 4.74 Å². The van der Waals surface area contributed by atoms with Crippen molar-refractivity contribution in [1.29, 1.82) is 0 Å². The summed E-state index contributed by atoms with van der Waals surface area (Å²) in [6, 6.07) is 2.78. The topological polar surface area (TPSA) is 84.9 Å². The lowest BCUT2D eigenvalue weighted by Gasteiger charge is -2.29. The van der Waals surface area contributed by atoms with Gasteiger partial charge in [-0.2, -0.15) is 0 Å². The van der Waals surface area contributed by atoms with Gasteiger partial charge >= 0.3 is 12.3 Å². The largest absolute Gasteiger partial charge is 0.573 e. The molecule has 2 atom stereocenters. The van der Waals surface area contributed by atoms with E-state index >= 15 is 0 Å². The van der Waals surface area contributed by atoms with Gasteiger partial charge in [0.2, 0.25) is 5.91 Å². The maximum absolute atomic E-state index is 13.0. The first kappa shape index (κ1) is 22.5. The second-order valence-electron chi connectivity index (χ2n) is 6.98. The van der Waals surface area contributed by atoms with E-state index in [0.717, 1.165) is 12.1 Å². The van der Waals surface area contributed by atoms with Crippen LogP contribution in [0.1, 0.15) is 37.0 Å². The number of amides is 2. The maximum atomic E-state index is 13.0. The van der Waals surface area contributed by atoms with Crippen LogP contribution in [0.2, 0.25) is 0 Å². The number of carbonyl (C=O) groups is 3. The molecule has 7 nitrogen and oxygen atoms in total. The molecule has 2 rings (SSSR count). The Morgan fingerprint density at radius 1 is 1.17 bits per heavy atom. The van der Waals surface area contributed by atoms with Gasteiger partial charge in [0.25, 0.3) is 5.91 Å². The zero-order chi connectivity index (χ0) is 21.8. The quantitative estimate of drug-likeness (QED) is 0.721. The number of benzene rings is 1. The van der Waals surface area contributed by atoms with Crippen LogP contribution in [0.4, 0.5) is 13.2 Å². The number of methoxy groups -OCH3 is 1. The number of nitrogens with zero attached hydrogens (tertiary/aromatic N) is 1. The van der Waals surface area contributed by atoms with Crippen LogP contribution < -0.4 is 10.1 Å². The molecule has 1 aliphatic heterocycles. The molecule has 29 heavy (non-hydrogen) atoms. The normalized spacial score (nSPS) is 17.8. The highest BCUT2D eigenvalue weighted by Gasteiger charge is 2.39. The van der Waals surface area contributed by atoms with Crippen LogP contribution in [0, 0.1) is 5.92 Å². The lowest BCUT2D eigenvalue weighted by atomic mass is 10.0. The van der Waals surface area contributed by atoms with Gasteiger partial charge in [0.15, 0.2) is 0 Å². The van der Waals surface area contributed by atoms with Crippen LogP contribution in [-0.2, 0) is 14.3 Å². The van der Waals surface area contributed by atoms with E-state index in [9.17, 15) is 27.6 Å². The number of hydrogen-bond donors (Lipinski definition) is 1. The molecule has 1 aromatic rings.